The summed E-state index contributed by atoms with van der Waals surface area (Å²) in [6.07, 6.45) is 10.1. The molecule has 0 amide bonds. The standard InChI is InChI=1S/C9H13N/c10-8-9-6-4-2-1-3-5-7-9/h2,4,9H,1,3,5-7H2/b4-2+. The molecule has 1 nitrogen and oxygen atoms in total. The van der Waals surface area contributed by atoms with Crippen LogP contribution in [0.4, 0.5) is 0 Å². The molecule has 0 heterocycles. The van der Waals surface area contributed by atoms with Crippen molar-refractivity contribution in [1.29, 1.82) is 5.26 Å². The summed E-state index contributed by atoms with van der Waals surface area (Å²) in [4.78, 5) is 0. The zero-order valence-electron chi connectivity index (χ0n) is 6.21. The van der Waals surface area contributed by atoms with Crippen molar-refractivity contribution in [2.45, 2.75) is 32.1 Å². The van der Waals surface area contributed by atoms with Crippen LogP contribution in [-0.2, 0) is 0 Å². The van der Waals surface area contributed by atoms with Gasteiger partial charge < -0.3 is 0 Å². The van der Waals surface area contributed by atoms with Gasteiger partial charge in [-0.3, -0.25) is 0 Å². The van der Waals surface area contributed by atoms with Crippen LogP contribution in [0.3, 0.4) is 0 Å². The highest BCUT2D eigenvalue weighted by Crippen LogP contribution is 2.16. The van der Waals surface area contributed by atoms with Gasteiger partial charge in [0.05, 0.1) is 6.07 Å². The summed E-state index contributed by atoms with van der Waals surface area (Å²) in [5.74, 6) is 0.288. The Kier molecular flexibility index (Phi) is 3.02. The molecule has 0 bridgehead atoms. The van der Waals surface area contributed by atoms with Crippen molar-refractivity contribution in [3.63, 3.8) is 0 Å². The van der Waals surface area contributed by atoms with Crippen LogP contribution in [0.1, 0.15) is 32.1 Å². The average Bonchev–Trinajstić information content (AvgIpc) is 1.87. The van der Waals surface area contributed by atoms with Crippen molar-refractivity contribution in [1.82, 2.24) is 0 Å². The SMILES string of the molecule is N#CC1C/C=C/CCCC1. The van der Waals surface area contributed by atoms with Gasteiger partial charge in [0.2, 0.25) is 0 Å². The summed E-state index contributed by atoms with van der Waals surface area (Å²) in [5, 5.41) is 8.62. The largest absolute Gasteiger partial charge is 0.198 e. The quantitative estimate of drug-likeness (QED) is 0.468. The van der Waals surface area contributed by atoms with Crippen LogP contribution in [0, 0.1) is 17.2 Å². The minimum Gasteiger partial charge on any atom is -0.198 e. The summed E-state index contributed by atoms with van der Waals surface area (Å²) in [6, 6.07) is 2.32. The maximum atomic E-state index is 8.62. The third-order valence-electron chi connectivity index (χ3n) is 1.94. The molecule has 0 aromatic heterocycles. The number of nitrogens with zero attached hydrogens (tertiary/aromatic N) is 1. The van der Waals surface area contributed by atoms with E-state index in [2.05, 4.69) is 18.2 Å². The number of hydrogen-bond acceptors (Lipinski definition) is 1. The van der Waals surface area contributed by atoms with Crippen LogP contribution in [0.2, 0.25) is 0 Å². The van der Waals surface area contributed by atoms with E-state index in [1.54, 1.807) is 0 Å². The zero-order chi connectivity index (χ0) is 7.23. The van der Waals surface area contributed by atoms with Gasteiger partial charge in [-0.2, -0.15) is 5.26 Å². The molecule has 54 valence electrons. The predicted molar refractivity (Wildman–Crippen MR) is 41.3 cm³/mol. The monoisotopic (exact) mass is 135 g/mol. The van der Waals surface area contributed by atoms with Crippen LogP contribution in [-0.4, -0.2) is 0 Å². The van der Waals surface area contributed by atoms with E-state index in [9.17, 15) is 0 Å². The Bertz CT molecular complexity index is 153. The van der Waals surface area contributed by atoms with Gasteiger partial charge in [-0.15, -0.1) is 0 Å². The molecule has 0 fully saturated rings. The van der Waals surface area contributed by atoms with Gasteiger partial charge in [0.15, 0.2) is 0 Å². The van der Waals surface area contributed by atoms with Gasteiger partial charge in [-0.25, -0.2) is 0 Å². The van der Waals surface area contributed by atoms with Crippen molar-refractivity contribution >= 4 is 0 Å². The summed E-state index contributed by atoms with van der Waals surface area (Å²) in [7, 11) is 0. The topological polar surface area (TPSA) is 23.8 Å². The molecular weight excluding hydrogens is 122 g/mol. The van der Waals surface area contributed by atoms with Crippen molar-refractivity contribution in [3.8, 4) is 6.07 Å². The van der Waals surface area contributed by atoms with Gasteiger partial charge in [0.25, 0.3) is 0 Å². The minimum absolute atomic E-state index is 0.288. The van der Waals surface area contributed by atoms with Gasteiger partial charge >= 0.3 is 0 Å². The van der Waals surface area contributed by atoms with Crippen LogP contribution >= 0.6 is 0 Å². The predicted octanol–water partition coefficient (Wildman–Crippen LogP) is 2.65. The van der Waals surface area contributed by atoms with Gasteiger partial charge in [0.1, 0.15) is 0 Å². The van der Waals surface area contributed by atoms with E-state index in [-0.39, 0.29) is 5.92 Å². The molecular formula is C9H13N. The molecule has 0 N–H and O–H groups in total. The van der Waals surface area contributed by atoms with Crippen molar-refractivity contribution in [3.05, 3.63) is 12.2 Å². The second kappa shape index (κ2) is 4.11. The summed E-state index contributed by atoms with van der Waals surface area (Å²) < 4.78 is 0. The normalized spacial score (nSPS) is 29.7. The Morgan fingerprint density at radius 1 is 1.30 bits per heavy atom. The van der Waals surface area contributed by atoms with Crippen LogP contribution in [0.25, 0.3) is 0 Å². The lowest BCUT2D eigenvalue weighted by atomic mass is 9.96. The molecule has 1 aliphatic carbocycles. The molecule has 1 aliphatic rings. The maximum Gasteiger partial charge on any atom is 0.0659 e. The van der Waals surface area contributed by atoms with Crippen molar-refractivity contribution < 1.29 is 0 Å². The molecule has 0 aromatic carbocycles. The van der Waals surface area contributed by atoms with Gasteiger partial charge in [0, 0.05) is 5.92 Å². The number of rotatable bonds is 0. The minimum atomic E-state index is 0.288. The Morgan fingerprint density at radius 2 is 2.20 bits per heavy atom. The van der Waals surface area contributed by atoms with Gasteiger partial charge in [-0.1, -0.05) is 18.6 Å². The van der Waals surface area contributed by atoms with Crippen molar-refractivity contribution in [2.75, 3.05) is 0 Å². The van der Waals surface area contributed by atoms with E-state index < -0.39 is 0 Å². The fourth-order valence-electron chi connectivity index (χ4n) is 1.27. The Balaban J connectivity index is 2.39. The van der Waals surface area contributed by atoms with E-state index >= 15 is 0 Å². The third-order valence-corrected chi connectivity index (χ3v) is 1.94. The maximum absolute atomic E-state index is 8.62. The molecule has 0 aliphatic heterocycles. The molecule has 0 radical (unpaired) electrons. The van der Waals surface area contributed by atoms with E-state index in [1.165, 1.54) is 19.3 Å². The fourth-order valence-corrected chi connectivity index (χ4v) is 1.27. The molecule has 0 saturated carbocycles. The smallest absolute Gasteiger partial charge is 0.0659 e. The summed E-state index contributed by atoms with van der Waals surface area (Å²) in [6.45, 7) is 0. The molecule has 1 heteroatoms. The molecule has 1 rings (SSSR count). The Morgan fingerprint density at radius 3 is 3.00 bits per heavy atom. The number of hydrogen-bond donors (Lipinski definition) is 0. The molecule has 0 saturated heterocycles. The second-order valence-electron chi connectivity index (χ2n) is 2.82. The highest BCUT2D eigenvalue weighted by Gasteiger charge is 2.05. The average molecular weight is 135 g/mol. The third kappa shape index (κ3) is 2.23. The van der Waals surface area contributed by atoms with Crippen molar-refractivity contribution in [2.24, 2.45) is 5.92 Å². The molecule has 0 spiro atoms. The molecule has 1 atom stereocenters. The Hall–Kier alpha value is -0.770. The van der Waals surface area contributed by atoms with Crippen LogP contribution < -0.4 is 0 Å². The molecule has 0 aromatic rings. The second-order valence-corrected chi connectivity index (χ2v) is 2.82. The first-order valence-corrected chi connectivity index (χ1v) is 3.98. The summed E-state index contributed by atoms with van der Waals surface area (Å²) >= 11 is 0. The molecule has 1 unspecified atom stereocenters. The summed E-state index contributed by atoms with van der Waals surface area (Å²) in [5.41, 5.74) is 0. The van der Waals surface area contributed by atoms with E-state index in [0.717, 1.165) is 12.8 Å². The first-order valence-electron chi connectivity index (χ1n) is 3.98. The number of nitriles is 1. The van der Waals surface area contributed by atoms with E-state index in [4.69, 9.17) is 5.26 Å². The lowest BCUT2D eigenvalue weighted by Gasteiger charge is -2.07. The van der Waals surface area contributed by atoms with E-state index in [1.807, 2.05) is 0 Å². The lowest BCUT2D eigenvalue weighted by molar-refractivity contribution is 0.549. The van der Waals surface area contributed by atoms with E-state index in [0.29, 0.717) is 0 Å². The first kappa shape index (κ1) is 7.34. The van der Waals surface area contributed by atoms with Crippen LogP contribution in [0.5, 0.6) is 0 Å². The molecule has 10 heavy (non-hydrogen) atoms. The zero-order valence-corrected chi connectivity index (χ0v) is 6.21. The number of allylic oxidation sites excluding steroid dienone is 2. The lowest BCUT2D eigenvalue weighted by Crippen LogP contribution is -1.96. The fraction of sp³-hybridized carbons (Fsp3) is 0.667. The highest BCUT2D eigenvalue weighted by molar-refractivity contribution is 4.93. The Labute approximate surface area is 62.4 Å². The van der Waals surface area contributed by atoms with Crippen LogP contribution in [0.15, 0.2) is 12.2 Å². The van der Waals surface area contributed by atoms with Gasteiger partial charge in [-0.05, 0) is 25.7 Å². The highest BCUT2D eigenvalue weighted by atomic mass is 14.3. The first-order chi connectivity index (χ1) is 4.93.